The molecule has 5 nitrogen and oxygen atoms in total. The molecule has 150 valence electrons. The predicted octanol–water partition coefficient (Wildman–Crippen LogP) is 5.38. The standard InChI is InChI=1S/C21H18Cl2N2O3S/c1-14-12-15(22)8-11-20(14)24-21(26)18-13-17(9-10-19(18)23)29(27,28)25(2)16-6-4-3-5-7-16/h3-13H,1-2H3,(H,24,26). The molecule has 29 heavy (non-hydrogen) atoms. The van der Waals surface area contributed by atoms with Crippen molar-refractivity contribution in [3.8, 4) is 0 Å². The molecule has 1 N–H and O–H groups in total. The number of rotatable bonds is 5. The molecule has 0 saturated carbocycles. The Hall–Kier alpha value is -2.54. The Morgan fingerprint density at radius 3 is 2.31 bits per heavy atom. The molecule has 0 atom stereocenters. The summed E-state index contributed by atoms with van der Waals surface area (Å²) >= 11 is 12.1. The smallest absolute Gasteiger partial charge is 0.264 e. The molecule has 0 radical (unpaired) electrons. The van der Waals surface area contributed by atoms with E-state index < -0.39 is 15.9 Å². The number of halogens is 2. The molecule has 8 heteroatoms. The lowest BCUT2D eigenvalue weighted by molar-refractivity contribution is 0.102. The first-order valence-corrected chi connectivity index (χ1v) is 10.8. The molecular weight excluding hydrogens is 431 g/mol. The number of benzene rings is 3. The minimum atomic E-state index is -3.87. The van der Waals surface area contributed by atoms with Gasteiger partial charge in [-0.3, -0.25) is 9.10 Å². The van der Waals surface area contributed by atoms with Crippen molar-refractivity contribution in [2.24, 2.45) is 0 Å². The van der Waals surface area contributed by atoms with Crippen molar-refractivity contribution in [2.45, 2.75) is 11.8 Å². The maximum Gasteiger partial charge on any atom is 0.264 e. The summed E-state index contributed by atoms with van der Waals surface area (Å²) in [5, 5.41) is 3.44. The zero-order valence-corrected chi connectivity index (χ0v) is 18.0. The molecule has 1 amide bonds. The van der Waals surface area contributed by atoms with E-state index in [0.29, 0.717) is 16.4 Å². The lowest BCUT2D eigenvalue weighted by atomic mass is 10.1. The van der Waals surface area contributed by atoms with Crippen molar-refractivity contribution < 1.29 is 13.2 Å². The summed E-state index contributed by atoms with van der Waals surface area (Å²) in [6.45, 7) is 1.80. The predicted molar refractivity (Wildman–Crippen MR) is 118 cm³/mol. The van der Waals surface area contributed by atoms with E-state index in [1.165, 1.54) is 25.2 Å². The molecule has 0 fully saturated rings. The first-order chi connectivity index (χ1) is 13.7. The highest BCUT2D eigenvalue weighted by atomic mass is 35.5. The molecular formula is C21H18Cl2N2O3S. The summed E-state index contributed by atoms with van der Waals surface area (Å²) < 4.78 is 27.2. The van der Waals surface area contributed by atoms with Crippen LogP contribution >= 0.6 is 23.2 Å². The number of hydrogen-bond donors (Lipinski definition) is 1. The van der Waals surface area contributed by atoms with Crippen LogP contribution in [0.4, 0.5) is 11.4 Å². The Bertz CT molecular complexity index is 1170. The highest BCUT2D eigenvalue weighted by molar-refractivity contribution is 7.92. The third kappa shape index (κ3) is 4.56. The van der Waals surface area contributed by atoms with Gasteiger partial charge in [-0.15, -0.1) is 0 Å². The van der Waals surface area contributed by atoms with Gasteiger partial charge < -0.3 is 5.32 Å². The maximum absolute atomic E-state index is 13.0. The summed E-state index contributed by atoms with van der Waals surface area (Å²) in [5.74, 6) is -0.514. The molecule has 3 rings (SSSR count). The fraction of sp³-hybridized carbons (Fsp3) is 0.0952. The van der Waals surface area contributed by atoms with Crippen LogP contribution < -0.4 is 9.62 Å². The molecule has 0 aliphatic heterocycles. The summed E-state index contributed by atoms with van der Waals surface area (Å²) in [6, 6.07) is 17.8. The van der Waals surface area contributed by atoms with E-state index in [-0.39, 0.29) is 15.5 Å². The number of amides is 1. The molecule has 0 aromatic heterocycles. The molecule has 0 bridgehead atoms. The SMILES string of the molecule is Cc1cc(Cl)ccc1NC(=O)c1cc(S(=O)(=O)N(C)c2ccccc2)ccc1Cl. The zero-order chi connectivity index (χ0) is 21.2. The van der Waals surface area contributed by atoms with Crippen molar-refractivity contribution in [3.63, 3.8) is 0 Å². The number of aryl methyl sites for hydroxylation is 1. The number of sulfonamides is 1. The quantitative estimate of drug-likeness (QED) is 0.569. The topological polar surface area (TPSA) is 66.5 Å². The van der Waals surface area contributed by atoms with E-state index in [1.807, 2.05) is 0 Å². The second-order valence-electron chi connectivity index (χ2n) is 6.36. The van der Waals surface area contributed by atoms with Gasteiger partial charge in [-0.05, 0) is 61.0 Å². The van der Waals surface area contributed by atoms with Crippen molar-refractivity contribution in [3.05, 3.63) is 87.9 Å². The molecule has 0 aliphatic rings. The highest BCUT2D eigenvalue weighted by Gasteiger charge is 2.24. The summed E-state index contributed by atoms with van der Waals surface area (Å²) in [4.78, 5) is 12.7. The molecule has 3 aromatic rings. The number of hydrogen-bond acceptors (Lipinski definition) is 3. The summed E-state index contributed by atoms with van der Waals surface area (Å²) in [7, 11) is -2.42. The van der Waals surface area contributed by atoms with Gasteiger partial charge in [0.2, 0.25) is 0 Å². The molecule has 0 saturated heterocycles. The second kappa shape index (κ2) is 8.45. The van der Waals surface area contributed by atoms with E-state index in [9.17, 15) is 13.2 Å². The van der Waals surface area contributed by atoms with Crippen LogP contribution in [-0.4, -0.2) is 21.4 Å². The van der Waals surface area contributed by atoms with Gasteiger partial charge in [0.25, 0.3) is 15.9 Å². The van der Waals surface area contributed by atoms with Crippen LogP contribution in [0.15, 0.2) is 71.6 Å². The van der Waals surface area contributed by atoms with Gasteiger partial charge in [-0.2, -0.15) is 0 Å². The van der Waals surface area contributed by atoms with Gasteiger partial charge in [0, 0.05) is 17.8 Å². The van der Waals surface area contributed by atoms with Crippen molar-refractivity contribution in [2.75, 3.05) is 16.7 Å². The Morgan fingerprint density at radius 1 is 0.966 bits per heavy atom. The van der Waals surface area contributed by atoms with Gasteiger partial charge in [-0.25, -0.2) is 8.42 Å². The van der Waals surface area contributed by atoms with Crippen LogP contribution in [-0.2, 0) is 10.0 Å². The van der Waals surface area contributed by atoms with Crippen LogP contribution in [0.2, 0.25) is 10.0 Å². The fourth-order valence-corrected chi connectivity index (χ4v) is 4.38. The molecule has 0 heterocycles. The van der Waals surface area contributed by atoms with E-state index in [1.54, 1.807) is 55.5 Å². The third-order valence-electron chi connectivity index (χ3n) is 4.40. The minimum absolute atomic E-state index is 0.0359. The lowest BCUT2D eigenvalue weighted by Gasteiger charge is -2.20. The maximum atomic E-state index is 13.0. The van der Waals surface area contributed by atoms with Gasteiger partial charge in [-0.1, -0.05) is 41.4 Å². The van der Waals surface area contributed by atoms with Gasteiger partial charge >= 0.3 is 0 Å². The van der Waals surface area contributed by atoms with Gasteiger partial charge in [0.15, 0.2) is 0 Å². The van der Waals surface area contributed by atoms with Gasteiger partial charge in [0.1, 0.15) is 0 Å². The number of nitrogens with zero attached hydrogens (tertiary/aromatic N) is 1. The Morgan fingerprint density at radius 2 is 1.66 bits per heavy atom. The van der Waals surface area contributed by atoms with Crippen LogP contribution in [0.1, 0.15) is 15.9 Å². The van der Waals surface area contributed by atoms with Crippen LogP contribution in [0.5, 0.6) is 0 Å². The minimum Gasteiger partial charge on any atom is -0.322 e. The molecule has 0 unspecified atom stereocenters. The largest absolute Gasteiger partial charge is 0.322 e. The number of anilines is 2. The van der Waals surface area contributed by atoms with E-state index in [0.717, 1.165) is 9.87 Å². The second-order valence-corrected chi connectivity index (χ2v) is 9.18. The Labute approximate surface area is 179 Å². The normalized spacial score (nSPS) is 11.2. The third-order valence-corrected chi connectivity index (χ3v) is 6.74. The number of nitrogens with one attached hydrogen (secondary N) is 1. The fourth-order valence-electron chi connectivity index (χ4n) is 2.73. The Kier molecular flexibility index (Phi) is 6.17. The summed E-state index contributed by atoms with van der Waals surface area (Å²) in [6.07, 6.45) is 0. The van der Waals surface area contributed by atoms with Crippen molar-refractivity contribution >= 4 is 50.5 Å². The molecule has 0 aliphatic carbocycles. The Balaban J connectivity index is 1.94. The van der Waals surface area contributed by atoms with Crippen LogP contribution in [0.25, 0.3) is 0 Å². The van der Waals surface area contributed by atoms with Crippen molar-refractivity contribution in [1.29, 1.82) is 0 Å². The average molecular weight is 449 g/mol. The highest BCUT2D eigenvalue weighted by Crippen LogP contribution is 2.27. The number of para-hydroxylation sites is 1. The van der Waals surface area contributed by atoms with Crippen molar-refractivity contribution in [1.82, 2.24) is 0 Å². The summed E-state index contributed by atoms with van der Waals surface area (Å²) in [5.41, 5.74) is 1.90. The number of carbonyl (C=O) groups excluding carboxylic acids is 1. The lowest BCUT2D eigenvalue weighted by Crippen LogP contribution is -2.27. The van der Waals surface area contributed by atoms with E-state index in [2.05, 4.69) is 5.32 Å². The molecule has 0 spiro atoms. The first-order valence-electron chi connectivity index (χ1n) is 8.61. The van der Waals surface area contributed by atoms with Crippen LogP contribution in [0.3, 0.4) is 0 Å². The van der Waals surface area contributed by atoms with E-state index in [4.69, 9.17) is 23.2 Å². The zero-order valence-electron chi connectivity index (χ0n) is 15.7. The van der Waals surface area contributed by atoms with Gasteiger partial charge in [0.05, 0.1) is 21.2 Å². The average Bonchev–Trinajstić information content (AvgIpc) is 2.70. The first kappa shape index (κ1) is 21.2. The van der Waals surface area contributed by atoms with E-state index >= 15 is 0 Å². The monoisotopic (exact) mass is 448 g/mol. The van der Waals surface area contributed by atoms with Crippen LogP contribution in [0, 0.1) is 6.92 Å². The molecule has 3 aromatic carbocycles. The number of carbonyl (C=O) groups is 1.